The number of halogens is 1. The van der Waals surface area contributed by atoms with Crippen LogP contribution >= 0.6 is 46.5 Å². The van der Waals surface area contributed by atoms with E-state index in [9.17, 15) is 14.9 Å². The summed E-state index contributed by atoms with van der Waals surface area (Å²) >= 11 is 10.3. The Kier molecular flexibility index (Phi) is 8.20. The molecule has 1 N–H and O–H groups in total. The van der Waals surface area contributed by atoms with Crippen molar-refractivity contribution in [3.8, 4) is 0 Å². The molecule has 8 nitrogen and oxygen atoms in total. The Morgan fingerprint density at radius 3 is 2.67 bits per heavy atom. The highest BCUT2D eigenvalue weighted by atomic mass is 35.5. The molecule has 0 atom stereocenters. The van der Waals surface area contributed by atoms with Gasteiger partial charge in [0.15, 0.2) is 8.68 Å². The predicted octanol–water partition coefficient (Wildman–Crippen LogP) is 4.63. The second-order valence-corrected chi connectivity index (χ2v) is 9.48. The molecule has 1 heterocycles. The highest BCUT2D eigenvalue weighted by Crippen LogP contribution is 2.30. The summed E-state index contributed by atoms with van der Waals surface area (Å²) in [5, 5.41) is 23.1. The number of hydrazone groups is 1. The minimum absolute atomic E-state index is 0.109. The monoisotopic (exact) mass is 479 g/mol. The molecule has 2 aromatic carbocycles. The molecule has 0 fully saturated rings. The minimum atomic E-state index is -0.530. The highest BCUT2D eigenvalue weighted by molar-refractivity contribution is 8.03. The zero-order valence-corrected chi connectivity index (χ0v) is 18.4. The first-order chi connectivity index (χ1) is 14.5. The first-order valence-electron chi connectivity index (χ1n) is 8.40. The van der Waals surface area contributed by atoms with Gasteiger partial charge in [-0.2, -0.15) is 5.10 Å². The second-order valence-electron chi connectivity index (χ2n) is 5.65. The van der Waals surface area contributed by atoms with Crippen LogP contribution in [0.1, 0.15) is 11.1 Å². The number of amides is 1. The van der Waals surface area contributed by atoms with Crippen LogP contribution in [0.5, 0.6) is 0 Å². The van der Waals surface area contributed by atoms with E-state index in [1.807, 2.05) is 18.2 Å². The first-order valence-corrected chi connectivity index (χ1v) is 11.6. The van der Waals surface area contributed by atoms with Gasteiger partial charge >= 0.3 is 0 Å². The summed E-state index contributed by atoms with van der Waals surface area (Å²) in [6.45, 7) is 0. The molecule has 0 spiro atoms. The van der Waals surface area contributed by atoms with Crippen molar-refractivity contribution >= 4 is 64.3 Å². The number of hydrogen-bond acceptors (Lipinski definition) is 9. The fourth-order valence-corrected chi connectivity index (χ4v) is 5.04. The summed E-state index contributed by atoms with van der Waals surface area (Å²) in [7, 11) is 0. The second kappa shape index (κ2) is 11.1. The van der Waals surface area contributed by atoms with E-state index < -0.39 is 4.92 Å². The normalized spacial score (nSPS) is 11.0. The molecule has 3 aromatic rings. The molecule has 154 valence electrons. The molecule has 0 aliphatic heterocycles. The lowest BCUT2D eigenvalue weighted by Gasteiger charge is -1.99. The third-order valence-electron chi connectivity index (χ3n) is 3.50. The summed E-state index contributed by atoms with van der Waals surface area (Å²) in [6.07, 6.45) is 1.27. The standard InChI is InChI=1S/C18H14ClN5O3S3/c19-15-7-6-14(24(26)27)8-13(15)9-20-21-16(25)11-29-18-23-22-17(30-18)28-10-12-4-2-1-3-5-12/h1-9H,10-11H2,(H,21,25)/b20-9+. The van der Waals surface area contributed by atoms with Crippen LogP contribution < -0.4 is 5.43 Å². The van der Waals surface area contributed by atoms with Gasteiger partial charge in [-0.05, 0) is 11.6 Å². The Morgan fingerprint density at radius 2 is 1.93 bits per heavy atom. The van der Waals surface area contributed by atoms with Gasteiger partial charge in [0, 0.05) is 28.5 Å². The fourth-order valence-electron chi connectivity index (χ4n) is 2.11. The van der Waals surface area contributed by atoms with E-state index in [0.717, 1.165) is 10.1 Å². The minimum Gasteiger partial charge on any atom is -0.272 e. The average molecular weight is 480 g/mol. The van der Waals surface area contributed by atoms with Crippen molar-refractivity contribution in [2.75, 3.05) is 5.75 Å². The lowest BCUT2D eigenvalue weighted by molar-refractivity contribution is -0.384. The summed E-state index contributed by atoms with van der Waals surface area (Å²) in [5.74, 6) is 0.569. The molecule has 0 aliphatic carbocycles. The van der Waals surface area contributed by atoms with Crippen LogP contribution in [0.4, 0.5) is 5.69 Å². The van der Waals surface area contributed by atoms with Crippen LogP contribution in [0, 0.1) is 10.1 Å². The van der Waals surface area contributed by atoms with Crippen LogP contribution in [0.25, 0.3) is 0 Å². The Hall–Kier alpha value is -2.47. The molecule has 0 unspecified atom stereocenters. The number of rotatable bonds is 9. The number of carbonyl (C=O) groups excluding carboxylic acids is 1. The zero-order valence-electron chi connectivity index (χ0n) is 15.2. The van der Waals surface area contributed by atoms with Gasteiger partial charge in [0.1, 0.15) is 0 Å². The number of nitrogens with one attached hydrogen (secondary N) is 1. The van der Waals surface area contributed by atoms with Crippen molar-refractivity contribution in [1.82, 2.24) is 15.6 Å². The maximum Gasteiger partial charge on any atom is 0.270 e. The molecule has 12 heteroatoms. The number of nitro benzene ring substituents is 1. The summed E-state index contributed by atoms with van der Waals surface area (Å²) < 4.78 is 1.52. The highest BCUT2D eigenvalue weighted by Gasteiger charge is 2.10. The number of aromatic nitrogens is 2. The average Bonchev–Trinajstić information content (AvgIpc) is 3.20. The maximum absolute atomic E-state index is 11.9. The van der Waals surface area contributed by atoms with E-state index in [-0.39, 0.29) is 17.3 Å². The molecule has 30 heavy (non-hydrogen) atoms. The van der Waals surface area contributed by atoms with Gasteiger partial charge in [0.05, 0.1) is 16.9 Å². The molecule has 1 amide bonds. The van der Waals surface area contributed by atoms with Crippen LogP contribution in [0.2, 0.25) is 5.02 Å². The zero-order chi connectivity index (χ0) is 21.3. The topological polar surface area (TPSA) is 110 Å². The summed E-state index contributed by atoms with van der Waals surface area (Å²) in [6, 6.07) is 14.0. The lowest BCUT2D eigenvalue weighted by atomic mass is 10.2. The van der Waals surface area contributed by atoms with E-state index in [0.29, 0.717) is 14.9 Å². The molecule has 0 saturated carbocycles. The van der Waals surface area contributed by atoms with E-state index in [2.05, 4.69) is 32.9 Å². The molecule has 3 rings (SSSR count). The van der Waals surface area contributed by atoms with Crippen molar-refractivity contribution in [1.29, 1.82) is 0 Å². The smallest absolute Gasteiger partial charge is 0.270 e. The third kappa shape index (κ3) is 6.80. The van der Waals surface area contributed by atoms with Crippen molar-refractivity contribution in [3.05, 3.63) is 74.8 Å². The largest absolute Gasteiger partial charge is 0.272 e. The predicted molar refractivity (Wildman–Crippen MR) is 120 cm³/mol. The van der Waals surface area contributed by atoms with E-state index >= 15 is 0 Å². The molecule has 0 saturated heterocycles. The summed E-state index contributed by atoms with van der Waals surface area (Å²) in [5.41, 5.74) is 3.79. The van der Waals surface area contributed by atoms with Crippen LogP contribution in [0.15, 0.2) is 62.3 Å². The van der Waals surface area contributed by atoms with Crippen molar-refractivity contribution in [3.63, 3.8) is 0 Å². The number of nitro groups is 1. The Balaban J connectivity index is 1.45. The van der Waals surface area contributed by atoms with Crippen LogP contribution in [0.3, 0.4) is 0 Å². The Morgan fingerprint density at radius 1 is 1.20 bits per heavy atom. The number of benzene rings is 2. The Labute approximate surface area is 189 Å². The molecule has 0 aliphatic rings. The van der Waals surface area contributed by atoms with E-state index in [4.69, 9.17) is 11.6 Å². The SMILES string of the molecule is O=C(CSc1nnc(SCc2ccccc2)s1)N/N=C/c1cc([N+](=O)[O-])ccc1Cl. The molecular formula is C18H14ClN5O3S3. The van der Waals surface area contributed by atoms with Crippen LogP contribution in [-0.2, 0) is 10.5 Å². The van der Waals surface area contributed by atoms with Crippen LogP contribution in [-0.4, -0.2) is 33.0 Å². The van der Waals surface area contributed by atoms with Gasteiger partial charge < -0.3 is 0 Å². The van der Waals surface area contributed by atoms with Gasteiger partial charge in [-0.3, -0.25) is 14.9 Å². The van der Waals surface area contributed by atoms with Gasteiger partial charge in [-0.25, -0.2) is 5.43 Å². The van der Waals surface area contributed by atoms with Crippen molar-refractivity contribution in [2.45, 2.75) is 14.4 Å². The molecule has 0 bridgehead atoms. The molecule has 1 aromatic heterocycles. The van der Waals surface area contributed by atoms with Gasteiger partial charge in [0.2, 0.25) is 0 Å². The van der Waals surface area contributed by atoms with Gasteiger partial charge in [0.25, 0.3) is 11.6 Å². The quantitative estimate of drug-likeness (QED) is 0.206. The van der Waals surface area contributed by atoms with E-state index in [1.54, 1.807) is 11.8 Å². The number of carbonyl (C=O) groups is 1. The number of nitrogens with zero attached hydrogens (tertiary/aromatic N) is 4. The number of thioether (sulfide) groups is 2. The number of non-ortho nitro benzene ring substituents is 1. The van der Waals surface area contributed by atoms with Crippen molar-refractivity contribution < 1.29 is 9.72 Å². The van der Waals surface area contributed by atoms with Gasteiger partial charge in [-0.1, -0.05) is 76.8 Å². The lowest BCUT2D eigenvalue weighted by Crippen LogP contribution is -2.19. The fraction of sp³-hybridized carbons (Fsp3) is 0.111. The first kappa shape index (κ1) is 22.2. The Bertz CT molecular complexity index is 1060. The molecule has 0 radical (unpaired) electrons. The third-order valence-corrected chi connectivity index (χ3v) is 7.11. The van der Waals surface area contributed by atoms with E-state index in [1.165, 1.54) is 53.1 Å². The van der Waals surface area contributed by atoms with Crippen molar-refractivity contribution in [2.24, 2.45) is 5.10 Å². The number of hydrogen-bond donors (Lipinski definition) is 1. The maximum atomic E-state index is 11.9. The summed E-state index contributed by atoms with van der Waals surface area (Å²) in [4.78, 5) is 22.2. The molecular weight excluding hydrogens is 466 g/mol. The van der Waals surface area contributed by atoms with Gasteiger partial charge in [-0.15, -0.1) is 10.2 Å².